The van der Waals surface area contributed by atoms with Crippen molar-refractivity contribution in [3.05, 3.63) is 146 Å². The summed E-state index contributed by atoms with van der Waals surface area (Å²) in [5.41, 5.74) is -2.16. The lowest BCUT2D eigenvalue weighted by molar-refractivity contribution is -0.249. The van der Waals surface area contributed by atoms with Gasteiger partial charge in [0, 0.05) is 51.3 Å². The maximum atomic E-state index is 15.1. The summed E-state index contributed by atoms with van der Waals surface area (Å²) in [6.45, 7) is 6.69. The quantitative estimate of drug-likeness (QED) is 0.113. The number of nitriles is 3. The topological polar surface area (TPSA) is 93.1 Å². The molecule has 1 atom stereocenters. The summed E-state index contributed by atoms with van der Waals surface area (Å²) in [5, 5.41) is 29.1. The number of hydrogen-bond acceptors (Lipinski definition) is 7. The lowest BCUT2D eigenvalue weighted by Gasteiger charge is -2.33. The zero-order valence-corrected chi connectivity index (χ0v) is 30.9. The van der Waals surface area contributed by atoms with Crippen molar-refractivity contribution in [1.29, 1.82) is 15.8 Å². The molecule has 4 aromatic rings. The molecule has 10 heteroatoms. The Morgan fingerprint density at radius 3 is 2.00 bits per heavy atom. The second kappa shape index (κ2) is 18.1. The Hall–Kier alpha value is -6.02. The van der Waals surface area contributed by atoms with Crippen molar-refractivity contribution in [2.75, 3.05) is 18.0 Å². The fourth-order valence-electron chi connectivity index (χ4n) is 6.10. The Balaban J connectivity index is 1.49. The van der Waals surface area contributed by atoms with Crippen LogP contribution >= 0.6 is 11.3 Å². The molecule has 1 unspecified atom stereocenters. The van der Waals surface area contributed by atoms with Gasteiger partial charge in [-0.15, -0.1) is 11.3 Å². The number of rotatable bonds is 15. The number of thiophene rings is 1. The van der Waals surface area contributed by atoms with Crippen molar-refractivity contribution in [2.45, 2.75) is 57.9 Å². The van der Waals surface area contributed by atoms with E-state index in [-0.39, 0.29) is 5.56 Å². The van der Waals surface area contributed by atoms with E-state index >= 15 is 13.2 Å². The molecule has 0 radical (unpaired) electrons. The average molecular weight is 745 g/mol. The number of nitrogens with zero attached hydrogens (tertiary/aromatic N) is 4. The van der Waals surface area contributed by atoms with Crippen molar-refractivity contribution >= 4 is 35.3 Å². The van der Waals surface area contributed by atoms with Crippen LogP contribution in [0.3, 0.4) is 0 Å². The molecular weight excluding hydrogens is 706 g/mol. The van der Waals surface area contributed by atoms with Gasteiger partial charge in [-0.1, -0.05) is 93.4 Å². The second-order valence-corrected chi connectivity index (χ2v) is 13.7. The molecule has 0 bridgehead atoms. The Morgan fingerprint density at radius 1 is 0.815 bits per heavy atom. The number of ether oxygens (including phenoxy) is 2. The fourth-order valence-corrected chi connectivity index (χ4v) is 6.92. The molecule has 0 N–H and O–H groups in total. The average Bonchev–Trinajstić information content (AvgIpc) is 3.79. The smallest absolute Gasteiger partial charge is 0.437 e. The zero-order valence-electron chi connectivity index (χ0n) is 30.1. The molecule has 6 nitrogen and oxygen atoms in total. The maximum Gasteiger partial charge on any atom is 0.437 e. The van der Waals surface area contributed by atoms with E-state index in [4.69, 9.17) is 9.47 Å². The molecule has 0 saturated heterocycles. The van der Waals surface area contributed by atoms with Crippen LogP contribution in [0.15, 0.2) is 120 Å². The molecule has 1 aliphatic heterocycles. The number of allylic oxidation sites excluding steroid dienone is 2. The van der Waals surface area contributed by atoms with Gasteiger partial charge in [0.15, 0.2) is 11.3 Å². The van der Waals surface area contributed by atoms with Crippen molar-refractivity contribution < 1.29 is 22.6 Å². The summed E-state index contributed by atoms with van der Waals surface area (Å²) in [6.07, 6.45) is 5.87. The molecular formula is C44H39F3N4O2S. The van der Waals surface area contributed by atoms with Gasteiger partial charge in [0.25, 0.3) is 5.60 Å². The molecule has 274 valence electrons. The molecule has 54 heavy (non-hydrogen) atoms. The minimum atomic E-state index is -5.06. The highest BCUT2D eigenvalue weighted by molar-refractivity contribution is 7.13. The van der Waals surface area contributed by atoms with Crippen LogP contribution < -0.4 is 9.64 Å². The third-order valence-electron chi connectivity index (χ3n) is 8.92. The summed E-state index contributed by atoms with van der Waals surface area (Å²) < 4.78 is 57.3. The van der Waals surface area contributed by atoms with Crippen molar-refractivity contribution in [2.24, 2.45) is 0 Å². The Morgan fingerprint density at radius 2 is 1.43 bits per heavy atom. The van der Waals surface area contributed by atoms with Crippen LogP contribution in [-0.4, -0.2) is 19.3 Å². The van der Waals surface area contributed by atoms with Crippen LogP contribution in [0, 0.1) is 34.0 Å². The van der Waals surface area contributed by atoms with Gasteiger partial charge in [0.05, 0.1) is 0 Å². The summed E-state index contributed by atoms with van der Waals surface area (Å²) >= 11 is 1.34. The zero-order chi connectivity index (χ0) is 38.6. The lowest BCUT2D eigenvalue weighted by Crippen LogP contribution is -2.43. The van der Waals surface area contributed by atoms with Crippen molar-refractivity contribution in [3.63, 3.8) is 0 Å². The van der Waals surface area contributed by atoms with E-state index in [1.165, 1.54) is 47.8 Å². The molecule has 1 aromatic heterocycles. The van der Waals surface area contributed by atoms with Crippen LogP contribution in [0.25, 0.3) is 18.2 Å². The van der Waals surface area contributed by atoms with Gasteiger partial charge in [0.1, 0.15) is 36.1 Å². The minimum Gasteiger partial charge on any atom is -0.488 e. The maximum absolute atomic E-state index is 15.1. The molecule has 0 fully saturated rings. The van der Waals surface area contributed by atoms with Crippen LogP contribution in [0.1, 0.15) is 66.0 Å². The van der Waals surface area contributed by atoms with E-state index in [1.807, 2.05) is 54.6 Å². The first kappa shape index (κ1) is 39.2. The summed E-state index contributed by atoms with van der Waals surface area (Å²) in [4.78, 5) is 3.85. The van der Waals surface area contributed by atoms with E-state index in [0.29, 0.717) is 11.5 Å². The van der Waals surface area contributed by atoms with Crippen molar-refractivity contribution in [3.8, 4) is 24.0 Å². The SMILES string of the molecule is CCCCN(CCCC)c1ccc(/C=C/c2ccc(/C=C/C3=C(C#N)C(=C(C#N)C#N)OC3(c3ccccc3)C(F)(F)F)s2)c(OCc2ccccc2)c1. The number of halogens is 3. The van der Waals surface area contributed by atoms with Gasteiger partial charge in [-0.3, -0.25) is 0 Å². The minimum absolute atomic E-state index is 0.292. The van der Waals surface area contributed by atoms with E-state index < -0.39 is 34.3 Å². The number of alkyl halides is 3. The largest absolute Gasteiger partial charge is 0.488 e. The summed E-state index contributed by atoms with van der Waals surface area (Å²) in [5.74, 6) is 0.0372. The Bertz CT molecular complexity index is 2140. The Kier molecular flexibility index (Phi) is 13.2. The summed E-state index contributed by atoms with van der Waals surface area (Å²) in [7, 11) is 0. The normalized spacial score (nSPS) is 15.6. The van der Waals surface area contributed by atoms with Gasteiger partial charge in [-0.05, 0) is 60.9 Å². The number of unbranched alkanes of at least 4 members (excludes halogenated alkanes) is 2. The highest BCUT2D eigenvalue weighted by Gasteiger charge is 2.65. The molecule has 1 aliphatic rings. The standard InChI is InChI=1S/C44H39F3N4O2S/c1-3-5-25-51(26-6-4-2)36-19-17-33(41(27-36)52-31-32-13-9-7-10-14-32)18-20-37-21-22-38(54-37)23-24-40-39(30-50)42(34(28-48)29-49)53-43(40,44(45,46)47)35-15-11-8-12-16-35/h7-24,27H,3-6,25-26,31H2,1-2H3/b20-18+,24-23+. The number of hydrogen-bond donors (Lipinski definition) is 0. The number of benzene rings is 3. The highest BCUT2D eigenvalue weighted by Crippen LogP contribution is 2.56. The van der Waals surface area contributed by atoms with E-state index in [1.54, 1.807) is 30.3 Å². The molecule has 2 heterocycles. The predicted octanol–water partition coefficient (Wildman–Crippen LogP) is 11.5. The van der Waals surface area contributed by atoms with Gasteiger partial charge >= 0.3 is 6.18 Å². The first-order valence-corrected chi connectivity index (χ1v) is 18.5. The highest BCUT2D eigenvalue weighted by atomic mass is 32.1. The van der Waals surface area contributed by atoms with Crippen LogP contribution in [0.5, 0.6) is 5.75 Å². The third kappa shape index (κ3) is 8.77. The molecule has 5 rings (SSSR count). The van der Waals surface area contributed by atoms with Crippen LogP contribution in [0.4, 0.5) is 18.9 Å². The first-order chi connectivity index (χ1) is 26.2. The molecule has 0 aliphatic carbocycles. The van der Waals surface area contributed by atoms with Crippen molar-refractivity contribution in [1.82, 2.24) is 0 Å². The molecule has 3 aromatic carbocycles. The molecule has 0 spiro atoms. The summed E-state index contributed by atoms with van der Waals surface area (Å²) in [6, 6.07) is 31.6. The third-order valence-corrected chi connectivity index (χ3v) is 9.94. The van der Waals surface area contributed by atoms with Crippen LogP contribution in [-0.2, 0) is 16.9 Å². The van der Waals surface area contributed by atoms with Gasteiger partial charge in [-0.25, -0.2) is 0 Å². The second-order valence-electron chi connectivity index (χ2n) is 12.6. The fraction of sp³-hybridized carbons (Fsp3) is 0.250. The predicted molar refractivity (Wildman–Crippen MR) is 208 cm³/mol. The van der Waals surface area contributed by atoms with Gasteiger partial charge < -0.3 is 14.4 Å². The lowest BCUT2D eigenvalue weighted by atomic mass is 9.84. The Labute approximate surface area is 318 Å². The van der Waals surface area contributed by atoms with E-state index in [2.05, 4.69) is 30.9 Å². The monoisotopic (exact) mass is 744 g/mol. The van der Waals surface area contributed by atoms with Gasteiger partial charge in [0.2, 0.25) is 0 Å². The molecule has 0 amide bonds. The molecule has 0 saturated carbocycles. The number of anilines is 1. The van der Waals surface area contributed by atoms with E-state index in [9.17, 15) is 15.8 Å². The first-order valence-electron chi connectivity index (χ1n) is 17.7. The van der Waals surface area contributed by atoms with Gasteiger partial charge in [-0.2, -0.15) is 29.0 Å². The van der Waals surface area contributed by atoms with E-state index in [0.717, 1.165) is 66.2 Å². The van der Waals surface area contributed by atoms with Crippen LogP contribution in [0.2, 0.25) is 0 Å².